The van der Waals surface area contributed by atoms with Gasteiger partial charge in [-0.2, -0.15) is 9.40 Å². The van der Waals surface area contributed by atoms with Crippen LogP contribution in [-0.2, 0) is 34.1 Å². The number of likely N-dealkylation sites (N-methyl/N-ethyl adjacent to an activating group) is 1. The molecule has 2 N–H and O–H groups in total. The number of ether oxygens (including phenoxy) is 2. The van der Waals surface area contributed by atoms with Crippen molar-refractivity contribution in [1.82, 2.24) is 19.4 Å². The molecule has 2 fully saturated rings. The topological polar surface area (TPSA) is 120 Å². The molecule has 230 valence electrons. The Morgan fingerprint density at radius 3 is 2.65 bits per heavy atom. The van der Waals surface area contributed by atoms with Crippen LogP contribution in [0.25, 0.3) is 0 Å². The number of Topliss-reactive ketones (excluding diaryl/α,β-unsaturated/α-hetero) is 1. The number of piperazine rings is 1. The third kappa shape index (κ3) is 6.42. The lowest BCUT2D eigenvalue weighted by Crippen LogP contribution is -2.44. The summed E-state index contributed by atoms with van der Waals surface area (Å²) in [5, 5.41) is 11.2. The maximum absolute atomic E-state index is 13.9. The number of ketones is 1. The van der Waals surface area contributed by atoms with Crippen LogP contribution in [0.4, 0.5) is 11.4 Å². The summed E-state index contributed by atoms with van der Waals surface area (Å²) < 4.78 is 39.3. The number of H-pyrrole nitrogens is 1. The molecule has 0 saturated carbocycles. The highest BCUT2D eigenvalue weighted by molar-refractivity contribution is 7.89. The van der Waals surface area contributed by atoms with Gasteiger partial charge < -0.3 is 24.6 Å². The van der Waals surface area contributed by atoms with Gasteiger partial charge >= 0.3 is 0 Å². The zero-order valence-corrected chi connectivity index (χ0v) is 25.7. The van der Waals surface area contributed by atoms with Crippen LogP contribution in [0.3, 0.4) is 0 Å². The van der Waals surface area contributed by atoms with Gasteiger partial charge in [0.15, 0.2) is 5.78 Å². The maximum Gasteiger partial charge on any atom is 0.243 e. The summed E-state index contributed by atoms with van der Waals surface area (Å²) in [6, 6.07) is 12.8. The number of rotatable bonds is 9. The van der Waals surface area contributed by atoms with E-state index in [1.165, 1.54) is 17.5 Å². The number of hydrogen-bond acceptors (Lipinski definition) is 9. The Labute approximate surface area is 253 Å². The molecule has 0 radical (unpaired) electrons. The zero-order valence-electron chi connectivity index (χ0n) is 24.8. The number of anilines is 2. The molecule has 43 heavy (non-hydrogen) atoms. The number of carbonyl (C=O) groups is 1. The highest BCUT2D eigenvalue weighted by Gasteiger charge is 2.32. The summed E-state index contributed by atoms with van der Waals surface area (Å²) >= 11 is 0. The first-order valence-electron chi connectivity index (χ1n) is 15.0. The Bertz CT molecular complexity index is 1560. The molecule has 0 amide bonds. The smallest absolute Gasteiger partial charge is 0.243 e. The Kier molecular flexibility index (Phi) is 8.71. The zero-order chi connectivity index (χ0) is 30.0. The van der Waals surface area contributed by atoms with E-state index in [0.29, 0.717) is 43.2 Å². The predicted molar refractivity (Wildman–Crippen MR) is 165 cm³/mol. The van der Waals surface area contributed by atoms with Gasteiger partial charge in [0.25, 0.3) is 0 Å². The highest BCUT2D eigenvalue weighted by Crippen LogP contribution is 2.31. The Hall–Kier alpha value is -3.45. The van der Waals surface area contributed by atoms with E-state index in [1.54, 1.807) is 18.2 Å². The van der Waals surface area contributed by atoms with Crippen molar-refractivity contribution in [2.24, 2.45) is 0 Å². The molecule has 2 aromatic carbocycles. The van der Waals surface area contributed by atoms with Crippen LogP contribution < -0.4 is 15.0 Å². The molecule has 0 bridgehead atoms. The summed E-state index contributed by atoms with van der Waals surface area (Å²) in [6.45, 7) is 5.76. The third-order valence-corrected chi connectivity index (χ3v) is 10.6. The fourth-order valence-corrected chi connectivity index (χ4v) is 7.50. The minimum Gasteiger partial charge on any atom is -0.497 e. The fraction of sp³-hybridized carbons (Fsp3) is 0.484. The molecule has 1 aromatic heterocycles. The van der Waals surface area contributed by atoms with Gasteiger partial charge in [-0.3, -0.25) is 9.89 Å². The number of fused-ring (bicyclic) bond motifs is 1. The lowest BCUT2D eigenvalue weighted by molar-refractivity contribution is 0.0904. The number of nitrogens with zero attached hydrogens (tertiary/aromatic N) is 4. The number of methoxy groups -OCH3 is 1. The van der Waals surface area contributed by atoms with E-state index in [1.807, 2.05) is 12.1 Å². The van der Waals surface area contributed by atoms with Gasteiger partial charge in [-0.15, -0.1) is 0 Å². The summed E-state index contributed by atoms with van der Waals surface area (Å²) in [5.74, 6) is 0.429. The van der Waals surface area contributed by atoms with Gasteiger partial charge in [0.05, 0.1) is 24.1 Å². The Morgan fingerprint density at radius 1 is 1.09 bits per heavy atom. The quantitative estimate of drug-likeness (QED) is 0.354. The van der Waals surface area contributed by atoms with Gasteiger partial charge in [0, 0.05) is 99.2 Å². The summed E-state index contributed by atoms with van der Waals surface area (Å²) in [7, 11) is -0.107. The van der Waals surface area contributed by atoms with E-state index in [0.717, 1.165) is 61.7 Å². The summed E-state index contributed by atoms with van der Waals surface area (Å²) in [6.07, 6.45) is 2.35. The molecule has 0 unspecified atom stereocenters. The first-order valence-corrected chi connectivity index (χ1v) is 16.4. The van der Waals surface area contributed by atoms with E-state index in [4.69, 9.17) is 9.47 Å². The van der Waals surface area contributed by atoms with Crippen LogP contribution >= 0.6 is 0 Å². The normalized spacial score (nSPS) is 18.8. The highest BCUT2D eigenvalue weighted by atomic mass is 32.2. The minimum absolute atomic E-state index is 0.0541. The molecular formula is C31H40N6O5S. The van der Waals surface area contributed by atoms with Crippen molar-refractivity contribution in [1.29, 1.82) is 0 Å². The van der Waals surface area contributed by atoms with Crippen LogP contribution in [0.5, 0.6) is 5.75 Å². The van der Waals surface area contributed by atoms with Crippen molar-refractivity contribution in [3.8, 4) is 5.75 Å². The predicted octanol–water partition coefficient (Wildman–Crippen LogP) is 2.93. The second kappa shape index (κ2) is 12.7. The van der Waals surface area contributed by atoms with Crippen LogP contribution in [-0.4, -0.2) is 99.7 Å². The molecule has 3 aromatic rings. The summed E-state index contributed by atoms with van der Waals surface area (Å²) in [4.78, 5) is 18.7. The van der Waals surface area contributed by atoms with E-state index in [2.05, 4.69) is 38.4 Å². The molecule has 2 saturated heterocycles. The lowest BCUT2D eigenvalue weighted by atomic mass is 9.98. The SMILES string of the molecule is COc1cccc(S(=O)(=O)N2CCc3[nH]nc(CC(=O)c4ccc(N5CCN(C)CC5)cc4NC4CCOCC4)c3C2)c1. The van der Waals surface area contributed by atoms with Crippen LogP contribution in [0.2, 0.25) is 0 Å². The molecule has 0 atom stereocenters. The number of sulfonamides is 1. The molecule has 0 spiro atoms. The van der Waals surface area contributed by atoms with Crippen molar-refractivity contribution in [2.45, 2.75) is 43.2 Å². The number of nitrogens with one attached hydrogen (secondary N) is 2. The maximum atomic E-state index is 13.9. The van der Waals surface area contributed by atoms with Crippen LogP contribution in [0.1, 0.15) is 40.2 Å². The number of carbonyl (C=O) groups excluding carboxylic acids is 1. The van der Waals surface area contributed by atoms with Gasteiger partial charge in [0.1, 0.15) is 5.75 Å². The molecule has 6 rings (SSSR count). The number of benzene rings is 2. The number of hydrogen-bond donors (Lipinski definition) is 2. The molecule has 0 aliphatic carbocycles. The van der Waals surface area contributed by atoms with Crippen LogP contribution in [0, 0.1) is 0 Å². The third-order valence-electron chi connectivity index (χ3n) is 8.74. The van der Waals surface area contributed by atoms with Gasteiger partial charge in [-0.05, 0) is 50.2 Å². The van der Waals surface area contributed by atoms with Gasteiger partial charge in [-0.1, -0.05) is 6.07 Å². The molecular weight excluding hydrogens is 568 g/mol. The van der Waals surface area contributed by atoms with Gasteiger partial charge in [0.2, 0.25) is 10.0 Å². The van der Waals surface area contributed by atoms with Crippen molar-refractivity contribution in [2.75, 3.05) is 70.3 Å². The van der Waals surface area contributed by atoms with Gasteiger partial charge in [-0.25, -0.2) is 8.42 Å². The van der Waals surface area contributed by atoms with Crippen molar-refractivity contribution >= 4 is 27.2 Å². The van der Waals surface area contributed by atoms with Crippen LogP contribution in [0.15, 0.2) is 47.4 Å². The molecule has 12 heteroatoms. The molecule has 4 heterocycles. The molecule has 3 aliphatic rings. The van der Waals surface area contributed by atoms with E-state index in [-0.39, 0.29) is 29.7 Å². The number of aromatic nitrogens is 2. The minimum atomic E-state index is -3.76. The second-order valence-electron chi connectivity index (χ2n) is 11.5. The first-order chi connectivity index (χ1) is 20.8. The Morgan fingerprint density at radius 2 is 1.88 bits per heavy atom. The van der Waals surface area contributed by atoms with Crippen molar-refractivity contribution in [3.05, 3.63) is 65.0 Å². The first kappa shape index (κ1) is 29.6. The molecule has 11 nitrogen and oxygen atoms in total. The largest absolute Gasteiger partial charge is 0.497 e. The fourth-order valence-electron chi connectivity index (χ4n) is 6.06. The van der Waals surface area contributed by atoms with E-state index >= 15 is 0 Å². The average molecular weight is 609 g/mol. The van der Waals surface area contributed by atoms with E-state index < -0.39 is 10.0 Å². The van der Waals surface area contributed by atoms with E-state index in [9.17, 15) is 13.2 Å². The monoisotopic (exact) mass is 608 g/mol. The average Bonchev–Trinajstić information content (AvgIpc) is 3.43. The second-order valence-corrected chi connectivity index (χ2v) is 13.5. The van der Waals surface area contributed by atoms with Crippen molar-refractivity contribution < 1.29 is 22.7 Å². The number of aromatic amines is 1. The standard InChI is InChI=1S/C31H40N6O5S/c1-35-12-14-36(15-13-35)23-6-7-26(29(18-23)32-22-9-16-42-17-10-22)31(38)20-30-27-21-37(11-8-28(27)33-34-30)43(39,40)25-5-3-4-24(19-25)41-2/h3-7,18-19,22,32H,8-17,20-21H2,1-2H3,(H,33,34). The lowest BCUT2D eigenvalue weighted by Gasteiger charge is -2.34. The molecule has 3 aliphatic heterocycles. The summed E-state index contributed by atoms with van der Waals surface area (Å²) in [5.41, 5.74) is 4.81. The Balaban J connectivity index is 1.23. The van der Waals surface area contributed by atoms with Crippen molar-refractivity contribution in [3.63, 3.8) is 0 Å².